The Morgan fingerprint density at radius 3 is 2.54 bits per heavy atom. The number of benzene rings is 2. The molecule has 0 saturated carbocycles. The van der Waals surface area contributed by atoms with Gasteiger partial charge in [0, 0.05) is 43.7 Å². The summed E-state index contributed by atoms with van der Waals surface area (Å²) in [5.41, 5.74) is 2.87. The van der Waals surface area contributed by atoms with Gasteiger partial charge in [0.1, 0.15) is 23.6 Å². The van der Waals surface area contributed by atoms with E-state index < -0.39 is 17.9 Å². The number of anilines is 1. The van der Waals surface area contributed by atoms with Crippen LogP contribution < -0.4 is 15.4 Å². The molecule has 3 N–H and O–H groups in total. The summed E-state index contributed by atoms with van der Waals surface area (Å²) >= 11 is 0. The van der Waals surface area contributed by atoms with Crippen LogP contribution in [0.25, 0.3) is 11.3 Å². The van der Waals surface area contributed by atoms with Gasteiger partial charge in [0.05, 0.1) is 12.8 Å². The van der Waals surface area contributed by atoms with Gasteiger partial charge in [-0.1, -0.05) is 0 Å². The van der Waals surface area contributed by atoms with Gasteiger partial charge in [-0.15, -0.1) is 0 Å². The second kappa shape index (κ2) is 8.81. The monoisotopic (exact) mass is 388 g/mol. The fourth-order valence-electron chi connectivity index (χ4n) is 2.95. The van der Waals surface area contributed by atoms with E-state index in [9.17, 15) is 13.9 Å². The Hall–Kier alpha value is -2.97. The molecule has 0 aliphatic rings. The standard InChI is InChI=1S/C20H22F2N4O2/c1-26-18(5-6-24-26)17-10-16(3-4-19(17)28-2)25-20(27)12-23-11-13-7-14(21)9-15(22)8-13/h3-10,20,23,25,27H,11-12H2,1-2H3. The second-order valence-corrected chi connectivity index (χ2v) is 6.32. The first-order chi connectivity index (χ1) is 13.5. The minimum Gasteiger partial charge on any atom is -0.496 e. The number of hydrogen-bond acceptors (Lipinski definition) is 5. The predicted octanol–water partition coefficient (Wildman–Crippen LogP) is 2.89. The first-order valence-corrected chi connectivity index (χ1v) is 8.73. The number of nitrogens with zero attached hydrogens (tertiary/aromatic N) is 2. The topological polar surface area (TPSA) is 71.3 Å². The minimum absolute atomic E-state index is 0.186. The van der Waals surface area contributed by atoms with Crippen molar-refractivity contribution in [3.63, 3.8) is 0 Å². The molecule has 0 aliphatic heterocycles. The van der Waals surface area contributed by atoms with E-state index >= 15 is 0 Å². The number of halogens is 2. The first kappa shape index (κ1) is 19.8. The molecule has 1 aromatic heterocycles. The van der Waals surface area contributed by atoms with Crippen molar-refractivity contribution in [2.75, 3.05) is 19.0 Å². The van der Waals surface area contributed by atoms with Crippen LogP contribution in [0.1, 0.15) is 5.56 Å². The zero-order chi connectivity index (χ0) is 20.1. The number of hydrogen-bond donors (Lipinski definition) is 3. The maximum absolute atomic E-state index is 13.2. The quantitative estimate of drug-likeness (QED) is 0.518. The zero-order valence-electron chi connectivity index (χ0n) is 15.6. The van der Waals surface area contributed by atoms with E-state index in [1.54, 1.807) is 30.1 Å². The van der Waals surface area contributed by atoms with E-state index in [4.69, 9.17) is 4.74 Å². The number of aliphatic hydroxyl groups is 1. The van der Waals surface area contributed by atoms with Gasteiger partial charge in [-0.3, -0.25) is 4.68 Å². The average molecular weight is 388 g/mol. The highest BCUT2D eigenvalue weighted by Crippen LogP contribution is 2.32. The predicted molar refractivity (Wildman–Crippen MR) is 103 cm³/mol. The lowest BCUT2D eigenvalue weighted by atomic mass is 10.1. The van der Waals surface area contributed by atoms with Crippen molar-refractivity contribution in [2.45, 2.75) is 12.8 Å². The van der Waals surface area contributed by atoms with Crippen molar-refractivity contribution in [3.05, 3.63) is 65.9 Å². The molecule has 28 heavy (non-hydrogen) atoms. The van der Waals surface area contributed by atoms with Crippen LogP contribution in [-0.2, 0) is 13.6 Å². The highest BCUT2D eigenvalue weighted by atomic mass is 19.1. The Kier molecular flexibility index (Phi) is 6.23. The van der Waals surface area contributed by atoms with Gasteiger partial charge in [0.25, 0.3) is 0 Å². The Morgan fingerprint density at radius 1 is 1.14 bits per heavy atom. The van der Waals surface area contributed by atoms with Gasteiger partial charge in [0.15, 0.2) is 0 Å². The Balaban J connectivity index is 1.62. The molecule has 6 nitrogen and oxygen atoms in total. The summed E-state index contributed by atoms with van der Waals surface area (Å²) in [4.78, 5) is 0. The molecule has 0 aliphatic carbocycles. The van der Waals surface area contributed by atoms with Crippen molar-refractivity contribution in [2.24, 2.45) is 7.05 Å². The number of methoxy groups -OCH3 is 1. The molecule has 0 bridgehead atoms. The summed E-state index contributed by atoms with van der Waals surface area (Å²) in [6.07, 6.45) is 0.800. The number of nitrogens with one attached hydrogen (secondary N) is 2. The van der Waals surface area contributed by atoms with E-state index in [2.05, 4.69) is 15.7 Å². The van der Waals surface area contributed by atoms with Crippen LogP contribution in [0.3, 0.4) is 0 Å². The van der Waals surface area contributed by atoms with E-state index in [1.165, 1.54) is 12.1 Å². The fourth-order valence-corrected chi connectivity index (χ4v) is 2.95. The van der Waals surface area contributed by atoms with Crippen molar-refractivity contribution in [1.29, 1.82) is 0 Å². The first-order valence-electron chi connectivity index (χ1n) is 8.73. The third-order valence-corrected chi connectivity index (χ3v) is 4.22. The summed E-state index contributed by atoms with van der Waals surface area (Å²) in [6, 6.07) is 10.7. The lowest BCUT2D eigenvalue weighted by Crippen LogP contribution is -2.32. The summed E-state index contributed by atoms with van der Waals surface area (Å²) in [5.74, 6) is -0.567. The third kappa shape index (κ3) is 4.85. The molecule has 0 spiro atoms. The smallest absolute Gasteiger partial charge is 0.137 e. The molecule has 0 radical (unpaired) electrons. The molecule has 3 aromatic rings. The summed E-state index contributed by atoms with van der Waals surface area (Å²) in [5, 5.41) is 20.3. The van der Waals surface area contributed by atoms with Crippen LogP contribution in [0.15, 0.2) is 48.7 Å². The number of rotatable bonds is 8. The highest BCUT2D eigenvalue weighted by Gasteiger charge is 2.12. The highest BCUT2D eigenvalue weighted by molar-refractivity contribution is 5.72. The van der Waals surface area contributed by atoms with Gasteiger partial charge >= 0.3 is 0 Å². The Labute approximate surface area is 161 Å². The van der Waals surface area contributed by atoms with Crippen molar-refractivity contribution >= 4 is 5.69 Å². The van der Waals surface area contributed by atoms with E-state index in [0.717, 1.165) is 17.3 Å². The van der Waals surface area contributed by atoms with Crippen LogP contribution in [0.2, 0.25) is 0 Å². The van der Waals surface area contributed by atoms with Gasteiger partial charge < -0.3 is 20.5 Å². The normalized spacial score (nSPS) is 12.0. The average Bonchev–Trinajstić information content (AvgIpc) is 3.06. The van der Waals surface area contributed by atoms with Gasteiger partial charge in [-0.05, 0) is 42.0 Å². The van der Waals surface area contributed by atoms with Crippen LogP contribution in [0.4, 0.5) is 14.5 Å². The third-order valence-electron chi connectivity index (χ3n) is 4.22. The lowest BCUT2D eigenvalue weighted by Gasteiger charge is -2.17. The molecular formula is C20H22F2N4O2. The van der Waals surface area contributed by atoms with Gasteiger partial charge in [0.2, 0.25) is 0 Å². The van der Waals surface area contributed by atoms with Crippen molar-refractivity contribution < 1.29 is 18.6 Å². The number of aromatic nitrogens is 2. The maximum Gasteiger partial charge on any atom is 0.137 e. The van der Waals surface area contributed by atoms with Crippen LogP contribution in [-0.4, -0.2) is 34.8 Å². The molecule has 0 amide bonds. The number of aliphatic hydroxyl groups excluding tert-OH is 1. The molecule has 1 unspecified atom stereocenters. The Morgan fingerprint density at radius 2 is 1.89 bits per heavy atom. The molecule has 8 heteroatoms. The number of aryl methyl sites for hydroxylation is 1. The van der Waals surface area contributed by atoms with E-state index in [1.807, 2.05) is 19.2 Å². The maximum atomic E-state index is 13.2. The van der Waals surface area contributed by atoms with Gasteiger partial charge in [-0.25, -0.2) is 8.78 Å². The van der Waals surface area contributed by atoms with Gasteiger partial charge in [-0.2, -0.15) is 5.10 Å². The van der Waals surface area contributed by atoms with Crippen LogP contribution in [0, 0.1) is 11.6 Å². The van der Waals surface area contributed by atoms with Crippen molar-refractivity contribution in [1.82, 2.24) is 15.1 Å². The Bertz CT molecular complexity index is 925. The van der Waals surface area contributed by atoms with Crippen molar-refractivity contribution in [3.8, 4) is 17.0 Å². The van der Waals surface area contributed by atoms with Crippen LogP contribution in [0.5, 0.6) is 5.75 Å². The van der Waals surface area contributed by atoms with E-state index in [0.29, 0.717) is 17.0 Å². The zero-order valence-corrected chi connectivity index (χ0v) is 15.6. The largest absolute Gasteiger partial charge is 0.496 e. The SMILES string of the molecule is COc1ccc(NC(O)CNCc2cc(F)cc(F)c2)cc1-c1ccnn1C. The molecule has 1 heterocycles. The molecule has 148 valence electrons. The minimum atomic E-state index is -0.897. The van der Waals surface area contributed by atoms with Crippen LogP contribution >= 0.6 is 0 Å². The second-order valence-electron chi connectivity index (χ2n) is 6.32. The lowest BCUT2D eigenvalue weighted by molar-refractivity contribution is 0.199. The molecule has 2 aromatic carbocycles. The molecule has 1 atom stereocenters. The fraction of sp³-hybridized carbons (Fsp3) is 0.250. The summed E-state index contributed by atoms with van der Waals surface area (Å²) in [6.45, 7) is 0.418. The number of ether oxygens (including phenoxy) is 1. The molecule has 3 rings (SSSR count). The molecular weight excluding hydrogens is 366 g/mol. The molecule has 0 fully saturated rings. The summed E-state index contributed by atoms with van der Waals surface area (Å²) in [7, 11) is 3.43. The molecule has 0 saturated heterocycles. The summed E-state index contributed by atoms with van der Waals surface area (Å²) < 4.78 is 33.5. The van der Waals surface area contributed by atoms with E-state index in [-0.39, 0.29) is 13.1 Å².